The molecule has 0 bridgehead atoms. The molecule has 3 heterocycles. The van der Waals surface area contributed by atoms with Crippen LogP contribution in [0.25, 0.3) is 0 Å². The lowest BCUT2D eigenvalue weighted by Crippen LogP contribution is -2.60. The second-order valence-corrected chi connectivity index (χ2v) is 21.6. The first kappa shape index (κ1) is 59.0. The summed E-state index contributed by atoms with van der Waals surface area (Å²) in [6, 6.07) is 1.40. The van der Waals surface area contributed by atoms with Gasteiger partial charge in [0.05, 0.1) is 5.41 Å². The second-order valence-electron chi connectivity index (χ2n) is 21.6. The predicted octanol–water partition coefficient (Wildman–Crippen LogP) is 4.50. The molecule has 1 aromatic rings. The molecule has 0 saturated carbocycles. The highest BCUT2D eigenvalue weighted by atomic mass is 16.6. The molecule has 0 unspecified atom stereocenters. The van der Waals surface area contributed by atoms with Crippen LogP contribution < -0.4 is 10.6 Å². The Morgan fingerprint density at radius 3 is 1.75 bits per heavy atom. The van der Waals surface area contributed by atoms with Crippen molar-refractivity contribution in [2.45, 2.75) is 195 Å². The third-order valence-corrected chi connectivity index (χ3v) is 15.4. The molecular formula is C54H85N7O11. The zero-order valence-electron chi connectivity index (χ0n) is 45.5. The molecule has 2 N–H and O–H groups in total. The highest BCUT2D eigenvalue weighted by Gasteiger charge is 2.48. The number of fused-ring (bicyclic) bond motifs is 2. The van der Waals surface area contributed by atoms with Crippen molar-refractivity contribution in [3.05, 3.63) is 35.9 Å². The maximum Gasteiger partial charge on any atom is 0.329 e. The zero-order chi connectivity index (χ0) is 53.9. The third-order valence-electron chi connectivity index (χ3n) is 15.4. The molecule has 1 aromatic carbocycles. The number of rotatable bonds is 10. The van der Waals surface area contributed by atoms with Gasteiger partial charge in [-0.1, -0.05) is 98.1 Å². The highest BCUT2D eigenvalue weighted by Crippen LogP contribution is 2.32. The van der Waals surface area contributed by atoms with Gasteiger partial charge in [0.1, 0.15) is 48.4 Å². The Balaban J connectivity index is 1.82. The summed E-state index contributed by atoms with van der Waals surface area (Å²) < 4.78 is 12.4. The van der Waals surface area contributed by atoms with E-state index in [9.17, 15) is 43.2 Å². The number of carbonyl (C=O) groups excluding carboxylic acids is 9. The number of hydrogen-bond acceptors (Lipinski definition) is 11. The van der Waals surface area contributed by atoms with Gasteiger partial charge >= 0.3 is 11.9 Å². The summed E-state index contributed by atoms with van der Waals surface area (Å²) in [6.07, 6.45) is 2.27. The van der Waals surface area contributed by atoms with Crippen LogP contribution >= 0.6 is 0 Å². The van der Waals surface area contributed by atoms with Gasteiger partial charge in [-0.05, 0) is 89.5 Å². The van der Waals surface area contributed by atoms with Crippen LogP contribution in [-0.2, 0) is 59.0 Å². The lowest BCUT2D eigenvalue weighted by atomic mass is 9.81. The molecule has 18 heteroatoms. The van der Waals surface area contributed by atoms with E-state index in [2.05, 4.69) is 10.6 Å². The van der Waals surface area contributed by atoms with E-state index in [4.69, 9.17) is 9.47 Å². The van der Waals surface area contributed by atoms with Crippen LogP contribution in [0, 0.1) is 23.2 Å². The largest absolute Gasteiger partial charge is 0.460 e. The van der Waals surface area contributed by atoms with Crippen LogP contribution in [0.15, 0.2) is 30.3 Å². The molecule has 18 nitrogen and oxygen atoms in total. The van der Waals surface area contributed by atoms with E-state index in [1.807, 2.05) is 26.8 Å². The summed E-state index contributed by atoms with van der Waals surface area (Å²) in [5.41, 5.74) is -0.692. The second kappa shape index (κ2) is 25.9. The van der Waals surface area contributed by atoms with E-state index in [-0.39, 0.29) is 19.5 Å². The van der Waals surface area contributed by atoms with E-state index >= 15 is 0 Å². The molecule has 3 fully saturated rings. The van der Waals surface area contributed by atoms with Crippen LogP contribution in [0.4, 0.5) is 0 Å². The van der Waals surface area contributed by atoms with Crippen molar-refractivity contribution in [1.82, 2.24) is 35.1 Å². The normalized spacial score (nSPS) is 28.9. The minimum absolute atomic E-state index is 0.0251. The molecule has 10 atom stereocenters. The fraction of sp³-hybridized carbons (Fsp3) is 0.722. The smallest absolute Gasteiger partial charge is 0.329 e. The van der Waals surface area contributed by atoms with Gasteiger partial charge in [-0.3, -0.25) is 33.6 Å². The number of unbranched alkanes of at least 4 members (excludes halogenated alkanes) is 2. The van der Waals surface area contributed by atoms with Gasteiger partial charge in [0.15, 0.2) is 6.10 Å². The van der Waals surface area contributed by atoms with Gasteiger partial charge in [0.25, 0.3) is 5.91 Å². The first-order chi connectivity index (χ1) is 33.8. The van der Waals surface area contributed by atoms with Gasteiger partial charge in [0.2, 0.25) is 35.4 Å². The third kappa shape index (κ3) is 13.7. The molecule has 0 aliphatic carbocycles. The molecule has 0 aromatic heterocycles. The summed E-state index contributed by atoms with van der Waals surface area (Å²) in [5.74, 6) is -6.84. The van der Waals surface area contributed by atoms with Crippen molar-refractivity contribution < 1.29 is 52.6 Å². The van der Waals surface area contributed by atoms with E-state index < -0.39 is 131 Å². The highest BCUT2D eigenvalue weighted by molar-refractivity contribution is 5.97. The van der Waals surface area contributed by atoms with E-state index in [1.54, 1.807) is 65.8 Å². The maximum atomic E-state index is 14.8. The van der Waals surface area contributed by atoms with Gasteiger partial charge in [-0.15, -0.1) is 0 Å². The lowest BCUT2D eigenvalue weighted by molar-refractivity contribution is -0.169. The number of cyclic esters (lactones) is 2. The first-order valence-electron chi connectivity index (χ1n) is 26.3. The molecule has 3 saturated heterocycles. The molecule has 72 heavy (non-hydrogen) atoms. The van der Waals surface area contributed by atoms with Crippen LogP contribution in [0.2, 0.25) is 0 Å². The van der Waals surface area contributed by atoms with Gasteiger partial charge in [-0.2, -0.15) is 0 Å². The van der Waals surface area contributed by atoms with Gasteiger partial charge in [-0.25, -0.2) is 9.59 Å². The number of amides is 7. The average Bonchev–Trinajstić information content (AvgIpc) is 4.06. The Morgan fingerprint density at radius 2 is 1.19 bits per heavy atom. The van der Waals surface area contributed by atoms with Gasteiger partial charge < -0.3 is 44.6 Å². The minimum Gasteiger partial charge on any atom is -0.460 e. The Hall–Kier alpha value is -5.55. The standard InChI is InChI=1S/C54H85N7O11/c1-15-17-19-28-41-54(10,11)53(70)56-43(34(7)16-2)50(67)58(13)35(8)46(63)57(12)36(9)47(64)59(14)44(33(5)6)52(69)71-40(31-37-24-20-18-21-25-37)49(66)61-30-23-27-39(61)48(65)60-29-22-26-38(60)45(62)55-42(32(3)4)51(68)72-41/h18,20-21,24-25,32-36,38-44H,15-17,19,22-23,26-31H2,1-14H3,(H,55,62)(H,56,70)/t34-,35-,36-,38-,39-,40-,41+,42-,43-,44-/m0/s1. The van der Waals surface area contributed by atoms with Crippen molar-refractivity contribution >= 4 is 53.3 Å². The van der Waals surface area contributed by atoms with Crippen molar-refractivity contribution in [3.63, 3.8) is 0 Å². The van der Waals surface area contributed by atoms with Crippen LogP contribution in [0.1, 0.15) is 140 Å². The number of benzene rings is 1. The summed E-state index contributed by atoms with van der Waals surface area (Å²) in [4.78, 5) is 137. The van der Waals surface area contributed by atoms with Crippen LogP contribution in [0.5, 0.6) is 0 Å². The van der Waals surface area contributed by atoms with Crippen molar-refractivity contribution in [2.24, 2.45) is 23.2 Å². The Labute approximate surface area is 428 Å². The topological polar surface area (TPSA) is 212 Å². The molecule has 4 rings (SSSR count). The Bertz CT molecular complexity index is 2100. The molecule has 0 radical (unpaired) electrons. The summed E-state index contributed by atoms with van der Waals surface area (Å²) in [5, 5.41) is 5.84. The number of ether oxygens (including phenoxy) is 2. The van der Waals surface area contributed by atoms with E-state index in [0.717, 1.165) is 12.8 Å². The maximum absolute atomic E-state index is 14.8. The summed E-state index contributed by atoms with van der Waals surface area (Å²) in [6.45, 7) is 19.5. The number of nitrogens with zero attached hydrogens (tertiary/aromatic N) is 5. The molecule has 402 valence electrons. The fourth-order valence-corrected chi connectivity index (χ4v) is 9.98. The quantitative estimate of drug-likeness (QED) is 0.246. The van der Waals surface area contributed by atoms with Crippen LogP contribution in [-0.4, -0.2) is 167 Å². The monoisotopic (exact) mass is 1010 g/mol. The average molecular weight is 1010 g/mol. The molecular weight excluding hydrogens is 923 g/mol. The lowest BCUT2D eigenvalue weighted by Gasteiger charge is -2.38. The molecule has 7 amide bonds. The number of hydrogen-bond donors (Lipinski definition) is 2. The molecule has 3 aliphatic rings. The molecule has 3 aliphatic heterocycles. The van der Waals surface area contributed by atoms with Crippen molar-refractivity contribution in [2.75, 3.05) is 34.2 Å². The summed E-state index contributed by atoms with van der Waals surface area (Å²) >= 11 is 0. The first-order valence-corrected chi connectivity index (χ1v) is 26.3. The zero-order valence-corrected chi connectivity index (χ0v) is 45.5. The predicted molar refractivity (Wildman–Crippen MR) is 271 cm³/mol. The van der Waals surface area contributed by atoms with E-state index in [0.29, 0.717) is 50.5 Å². The van der Waals surface area contributed by atoms with Crippen molar-refractivity contribution in [3.8, 4) is 0 Å². The number of esters is 2. The molecule has 0 spiro atoms. The SMILES string of the molecule is CCCCC[C@H]1OC(=O)[C@H](C(C)C)NC(=O)[C@@H]2CCCN2C(=O)[C@@H]2CCCN2C(=O)[C@H](Cc2ccccc2)OC(=O)[C@H](C(C)C)N(C)C(=O)[C@H](C)N(C)C(=O)[C@H](C)N(C)C(=O)[C@H]([C@@H](C)CC)NC(=O)C1(C)C. The van der Waals surface area contributed by atoms with Gasteiger partial charge in [0, 0.05) is 40.7 Å². The Morgan fingerprint density at radius 1 is 0.639 bits per heavy atom. The number of nitrogens with one attached hydrogen (secondary N) is 2. The van der Waals surface area contributed by atoms with E-state index in [1.165, 1.54) is 59.5 Å². The number of likely N-dealkylation sites (N-methyl/N-ethyl adjacent to an activating group) is 3. The number of carbonyl (C=O) groups is 9. The summed E-state index contributed by atoms with van der Waals surface area (Å²) in [7, 11) is 4.34. The van der Waals surface area contributed by atoms with Crippen LogP contribution in [0.3, 0.4) is 0 Å². The van der Waals surface area contributed by atoms with Crippen molar-refractivity contribution in [1.29, 1.82) is 0 Å². The minimum atomic E-state index is -1.39. The fourth-order valence-electron chi connectivity index (χ4n) is 9.98. The Kier molecular flexibility index (Phi) is 21.2.